The van der Waals surface area contributed by atoms with Crippen molar-refractivity contribution in [2.24, 2.45) is 0 Å². The van der Waals surface area contributed by atoms with E-state index < -0.39 is 11.1 Å². The van der Waals surface area contributed by atoms with Gasteiger partial charge in [-0.15, -0.1) is 10.2 Å². The van der Waals surface area contributed by atoms with E-state index >= 15 is 0 Å². The van der Waals surface area contributed by atoms with Crippen molar-refractivity contribution in [3.05, 3.63) is 53.3 Å². The van der Waals surface area contributed by atoms with Gasteiger partial charge in [-0.05, 0) is 49.4 Å². The summed E-state index contributed by atoms with van der Waals surface area (Å²) in [7, 11) is 1.61. The van der Waals surface area contributed by atoms with Gasteiger partial charge in [0.1, 0.15) is 11.6 Å². The summed E-state index contributed by atoms with van der Waals surface area (Å²) < 4.78 is 18.9. The second-order valence-electron chi connectivity index (χ2n) is 5.60. The Hall–Kier alpha value is -2.36. The molecule has 1 aromatic heterocycles. The number of rotatable bonds is 7. The van der Waals surface area contributed by atoms with Crippen LogP contribution in [0.3, 0.4) is 0 Å². The summed E-state index contributed by atoms with van der Waals surface area (Å²) in [6.45, 7) is 1.75. The smallest absolute Gasteiger partial charge is 0.237 e. The molecule has 0 aliphatic heterocycles. The Balaban J connectivity index is 1.58. The number of aromatic nitrogens is 2. The molecule has 2 N–H and O–H groups in total. The maximum absolute atomic E-state index is 13.1. The van der Waals surface area contributed by atoms with Gasteiger partial charge in [0.05, 0.1) is 23.1 Å². The minimum atomic E-state index is -0.462. The van der Waals surface area contributed by atoms with Crippen LogP contribution in [-0.4, -0.2) is 28.5 Å². The number of ether oxygens (including phenoxy) is 1. The highest BCUT2D eigenvalue weighted by atomic mass is 35.5. The van der Waals surface area contributed by atoms with Crippen LogP contribution in [0.25, 0.3) is 0 Å². The first-order valence-electron chi connectivity index (χ1n) is 8.12. The van der Waals surface area contributed by atoms with Gasteiger partial charge in [-0.25, -0.2) is 4.39 Å². The Morgan fingerprint density at radius 2 is 2.00 bits per heavy atom. The van der Waals surface area contributed by atoms with Crippen molar-refractivity contribution in [2.75, 3.05) is 17.7 Å². The van der Waals surface area contributed by atoms with Gasteiger partial charge in [0, 0.05) is 5.69 Å². The summed E-state index contributed by atoms with van der Waals surface area (Å²) >= 11 is 8.55. The van der Waals surface area contributed by atoms with Gasteiger partial charge in [-0.3, -0.25) is 4.79 Å². The number of halogens is 2. The average molecular weight is 439 g/mol. The fraction of sp³-hybridized carbons (Fsp3) is 0.167. The predicted molar refractivity (Wildman–Crippen MR) is 112 cm³/mol. The number of nitrogens with one attached hydrogen (secondary N) is 2. The van der Waals surface area contributed by atoms with Crippen LogP contribution in [0.2, 0.25) is 5.02 Å². The van der Waals surface area contributed by atoms with Crippen LogP contribution in [0.1, 0.15) is 6.92 Å². The molecule has 1 heterocycles. The summed E-state index contributed by atoms with van der Waals surface area (Å²) in [5.74, 6) is 0.0368. The molecule has 0 saturated carbocycles. The number of carbonyl (C=O) groups is 1. The van der Waals surface area contributed by atoms with Crippen LogP contribution in [0.4, 0.5) is 20.9 Å². The third-order valence-electron chi connectivity index (χ3n) is 3.58. The second kappa shape index (κ2) is 9.22. The number of nitrogens with zero attached hydrogens (tertiary/aromatic N) is 2. The molecule has 0 bridgehead atoms. The Bertz CT molecular complexity index is 968. The maximum atomic E-state index is 13.1. The monoisotopic (exact) mass is 438 g/mol. The van der Waals surface area contributed by atoms with Crippen molar-refractivity contribution >= 4 is 57.1 Å². The van der Waals surface area contributed by atoms with Gasteiger partial charge < -0.3 is 15.4 Å². The molecule has 6 nitrogen and oxygen atoms in total. The lowest BCUT2D eigenvalue weighted by Crippen LogP contribution is -2.22. The molecular weight excluding hydrogens is 423 g/mol. The fourth-order valence-electron chi connectivity index (χ4n) is 2.14. The number of hydrogen-bond acceptors (Lipinski definition) is 7. The van der Waals surface area contributed by atoms with Crippen molar-refractivity contribution < 1.29 is 13.9 Å². The van der Waals surface area contributed by atoms with Crippen LogP contribution in [-0.2, 0) is 4.79 Å². The third-order valence-corrected chi connectivity index (χ3v) is 5.92. The molecular formula is C18H16ClFN4O2S2. The van der Waals surface area contributed by atoms with Gasteiger partial charge in [-0.2, -0.15) is 0 Å². The molecule has 3 aromatic rings. The standard InChI is InChI=1S/C18H16ClFN4O2S2/c1-10(16(25)22-15-8-3-11(20)9-14(15)19)27-18-24-23-17(28-18)21-12-4-6-13(26-2)7-5-12/h3-10H,1-2H3,(H,21,23)(H,22,25). The minimum absolute atomic E-state index is 0.146. The van der Waals surface area contributed by atoms with Crippen LogP contribution >= 0.6 is 34.7 Å². The van der Waals surface area contributed by atoms with E-state index in [1.807, 2.05) is 24.3 Å². The first-order chi connectivity index (χ1) is 13.4. The first-order valence-corrected chi connectivity index (χ1v) is 10.2. The molecule has 0 aliphatic rings. The molecule has 3 rings (SSSR count). The van der Waals surface area contributed by atoms with E-state index in [2.05, 4.69) is 20.8 Å². The molecule has 28 heavy (non-hydrogen) atoms. The second-order valence-corrected chi connectivity index (χ2v) is 8.57. The lowest BCUT2D eigenvalue weighted by molar-refractivity contribution is -0.115. The zero-order valence-electron chi connectivity index (χ0n) is 14.9. The van der Waals surface area contributed by atoms with Crippen LogP contribution in [0.5, 0.6) is 5.75 Å². The highest BCUT2D eigenvalue weighted by Gasteiger charge is 2.18. The molecule has 146 valence electrons. The van der Waals surface area contributed by atoms with Gasteiger partial charge in [0.25, 0.3) is 0 Å². The maximum Gasteiger partial charge on any atom is 0.237 e. The molecule has 2 aromatic carbocycles. The molecule has 0 aliphatic carbocycles. The van der Waals surface area contributed by atoms with Gasteiger partial charge in [-0.1, -0.05) is 34.7 Å². The summed E-state index contributed by atoms with van der Waals surface area (Å²) in [6.07, 6.45) is 0. The first kappa shape index (κ1) is 20.4. The Labute approximate surface area is 174 Å². The highest BCUT2D eigenvalue weighted by Crippen LogP contribution is 2.31. The van der Waals surface area contributed by atoms with Crippen LogP contribution < -0.4 is 15.4 Å². The van der Waals surface area contributed by atoms with Crippen molar-refractivity contribution in [3.63, 3.8) is 0 Å². The van der Waals surface area contributed by atoms with Crippen molar-refractivity contribution in [2.45, 2.75) is 16.5 Å². The molecule has 0 radical (unpaired) electrons. The number of amides is 1. The molecule has 0 fully saturated rings. The van der Waals surface area contributed by atoms with Crippen molar-refractivity contribution in [1.82, 2.24) is 10.2 Å². The number of thioether (sulfide) groups is 1. The Morgan fingerprint density at radius 3 is 2.68 bits per heavy atom. The molecule has 10 heteroatoms. The van der Waals surface area contributed by atoms with Crippen LogP contribution in [0, 0.1) is 5.82 Å². The quantitative estimate of drug-likeness (QED) is 0.493. The number of carbonyl (C=O) groups excluding carboxylic acids is 1. The van der Waals surface area contributed by atoms with E-state index in [9.17, 15) is 9.18 Å². The van der Waals surface area contributed by atoms with Crippen molar-refractivity contribution in [3.8, 4) is 5.75 Å². The Morgan fingerprint density at radius 1 is 1.25 bits per heavy atom. The summed E-state index contributed by atoms with van der Waals surface area (Å²) in [5, 5.41) is 14.3. The van der Waals surface area contributed by atoms with E-state index in [4.69, 9.17) is 16.3 Å². The largest absolute Gasteiger partial charge is 0.497 e. The van der Waals surface area contributed by atoms with E-state index in [0.717, 1.165) is 17.5 Å². The van der Waals surface area contributed by atoms with Crippen LogP contribution in [0.15, 0.2) is 46.8 Å². The summed E-state index contributed by atoms with van der Waals surface area (Å²) in [6, 6.07) is 11.2. The normalized spacial score (nSPS) is 11.7. The number of hydrogen-bond donors (Lipinski definition) is 2. The molecule has 0 spiro atoms. The predicted octanol–water partition coefficient (Wildman–Crippen LogP) is 5.20. The summed E-state index contributed by atoms with van der Waals surface area (Å²) in [5.41, 5.74) is 1.21. The Kier molecular flexibility index (Phi) is 6.71. The zero-order chi connectivity index (χ0) is 20.1. The van der Waals surface area contributed by atoms with Crippen molar-refractivity contribution in [1.29, 1.82) is 0 Å². The topological polar surface area (TPSA) is 76.1 Å². The van der Waals surface area contributed by atoms with E-state index in [1.54, 1.807) is 14.0 Å². The molecule has 1 unspecified atom stereocenters. The molecule has 1 atom stereocenters. The van der Waals surface area contributed by atoms with Gasteiger partial charge in [0.2, 0.25) is 11.0 Å². The lowest BCUT2D eigenvalue weighted by Gasteiger charge is -2.11. The summed E-state index contributed by atoms with van der Waals surface area (Å²) in [4.78, 5) is 12.4. The SMILES string of the molecule is COc1ccc(Nc2nnc(SC(C)C(=O)Nc3ccc(F)cc3Cl)s2)cc1. The molecule has 1 amide bonds. The van der Waals surface area contributed by atoms with E-state index in [1.165, 1.54) is 35.2 Å². The minimum Gasteiger partial charge on any atom is -0.497 e. The lowest BCUT2D eigenvalue weighted by atomic mass is 10.3. The number of benzene rings is 2. The average Bonchev–Trinajstić information content (AvgIpc) is 3.11. The van der Waals surface area contributed by atoms with E-state index in [0.29, 0.717) is 15.2 Å². The van der Waals surface area contributed by atoms with E-state index in [-0.39, 0.29) is 10.9 Å². The third kappa shape index (κ3) is 5.34. The van der Waals surface area contributed by atoms with Gasteiger partial charge >= 0.3 is 0 Å². The molecule has 0 saturated heterocycles. The zero-order valence-corrected chi connectivity index (χ0v) is 17.3. The van der Waals surface area contributed by atoms with Gasteiger partial charge in [0.15, 0.2) is 4.34 Å². The highest BCUT2D eigenvalue weighted by molar-refractivity contribution is 8.02. The number of anilines is 3. The number of methoxy groups -OCH3 is 1. The fourth-order valence-corrected chi connectivity index (χ4v) is 4.27.